The first-order valence-electron chi connectivity index (χ1n) is 3.98. The van der Waals surface area contributed by atoms with Gasteiger partial charge >= 0.3 is 0 Å². The molecule has 66 valence electrons. The minimum Gasteiger partial charge on any atom is -0.384 e. The number of hydrogen-bond acceptors (Lipinski definition) is 3. The maximum Gasteiger partial charge on any atom is 0.0401 e. The fourth-order valence-corrected chi connectivity index (χ4v) is 1.27. The number of nitrogens with zero attached hydrogens (tertiary/aromatic N) is 1. The van der Waals surface area contributed by atoms with Crippen LogP contribution >= 0.6 is 11.8 Å². The van der Waals surface area contributed by atoms with Crippen molar-refractivity contribution in [3.05, 3.63) is 24.0 Å². The molecule has 2 nitrogen and oxygen atoms in total. The average Bonchev–Trinajstić information content (AvgIpc) is 2.09. The van der Waals surface area contributed by atoms with Gasteiger partial charge in [0.25, 0.3) is 0 Å². The average molecular weight is 182 g/mol. The first-order chi connectivity index (χ1) is 5.84. The van der Waals surface area contributed by atoms with Crippen LogP contribution in [0.4, 0.5) is 5.69 Å². The Balaban J connectivity index is 2.46. The third kappa shape index (κ3) is 2.74. The topological polar surface area (TPSA) is 24.9 Å². The van der Waals surface area contributed by atoms with Crippen molar-refractivity contribution in [1.29, 1.82) is 0 Å². The van der Waals surface area contributed by atoms with Crippen molar-refractivity contribution in [2.45, 2.75) is 6.92 Å². The number of pyridine rings is 1. The van der Waals surface area contributed by atoms with Gasteiger partial charge in [0.15, 0.2) is 0 Å². The third-order valence-electron chi connectivity index (χ3n) is 1.64. The van der Waals surface area contributed by atoms with Crippen molar-refractivity contribution < 1.29 is 0 Å². The van der Waals surface area contributed by atoms with E-state index in [4.69, 9.17) is 0 Å². The molecule has 1 aromatic rings. The van der Waals surface area contributed by atoms with Crippen LogP contribution in [0, 0.1) is 6.92 Å². The molecule has 3 heteroatoms. The molecule has 0 bridgehead atoms. The van der Waals surface area contributed by atoms with E-state index in [1.165, 1.54) is 11.3 Å². The minimum atomic E-state index is 1.02. The van der Waals surface area contributed by atoms with Crippen LogP contribution in [0.1, 0.15) is 5.56 Å². The highest BCUT2D eigenvalue weighted by atomic mass is 32.2. The van der Waals surface area contributed by atoms with Gasteiger partial charge in [-0.3, -0.25) is 4.98 Å². The Hall–Kier alpha value is -0.700. The van der Waals surface area contributed by atoms with E-state index in [1.54, 1.807) is 0 Å². The molecular weight excluding hydrogens is 168 g/mol. The first-order valence-corrected chi connectivity index (χ1v) is 5.37. The van der Waals surface area contributed by atoms with Crippen LogP contribution < -0.4 is 5.32 Å². The van der Waals surface area contributed by atoms with Crippen molar-refractivity contribution in [1.82, 2.24) is 4.98 Å². The summed E-state index contributed by atoms with van der Waals surface area (Å²) in [4.78, 5) is 4.03. The monoisotopic (exact) mass is 182 g/mol. The molecule has 0 radical (unpaired) electrons. The van der Waals surface area contributed by atoms with Gasteiger partial charge in [0.1, 0.15) is 0 Å². The van der Waals surface area contributed by atoms with Gasteiger partial charge in [-0.15, -0.1) is 0 Å². The molecule has 0 saturated heterocycles. The quantitative estimate of drug-likeness (QED) is 0.722. The van der Waals surface area contributed by atoms with Crippen LogP contribution in [-0.4, -0.2) is 23.5 Å². The molecule has 0 aromatic carbocycles. The van der Waals surface area contributed by atoms with Gasteiger partial charge in [-0.2, -0.15) is 11.8 Å². The zero-order chi connectivity index (χ0) is 8.81. The fraction of sp³-hybridized carbons (Fsp3) is 0.444. The van der Waals surface area contributed by atoms with E-state index in [2.05, 4.69) is 23.5 Å². The summed E-state index contributed by atoms with van der Waals surface area (Å²) in [6.07, 6.45) is 5.80. The first kappa shape index (κ1) is 9.39. The summed E-state index contributed by atoms with van der Waals surface area (Å²) in [7, 11) is 0. The normalized spacial score (nSPS) is 9.83. The number of aryl methyl sites for hydroxylation is 1. The van der Waals surface area contributed by atoms with Crippen LogP contribution in [0.2, 0.25) is 0 Å². The van der Waals surface area contributed by atoms with E-state index in [9.17, 15) is 0 Å². The van der Waals surface area contributed by atoms with E-state index < -0.39 is 0 Å². The standard InChI is InChI=1S/C9H14N2S/c1-8-7-10-4-3-9(8)11-5-6-12-2/h3-4,7H,5-6H2,1-2H3,(H,10,11). The van der Waals surface area contributed by atoms with Gasteiger partial charge in [0.05, 0.1) is 0 Å². The second kappa shape index (κ2) is 5.04. The van der Waals surface area contributed by atoms with Gasteiger partial charge < -0.3 is 5.32 Å². The summed E-state index contributed by atoms with van der Waals surface area (Å²) in [6, 6.07) is 2.01. The highest BCUT2D eigenvalue weighted by Gasteiger charge is 1.94. The molecule has 1 aromatic heterocycles. The summed E-state index contributed by atoms with van der Waals surface area (Å²) < 4.78 is 0. The number of aromatic nitrogens is 1. The summed E-state index contributed by atoms with van der Waals surface area (Å²) in [6.45, 7) is 3.08. The van der Waals surface area contributed by atoms with Crippen molar-refractivity contribution >= 4 is 17.4 Å². The molecule has 0 amide bonds. The van der Waals surface area contributed by atoms with Gasteiger partial charge in [-0.1, -0.05) is 0 Å². The van der Waals surface area contributed by atoms with Gasteiger partial charge in [0.2, 0.25) is 0 Å². The maximum atomic E-state index is 4.03. The summed E-state index contributed by atoms with van der Waals surface area (Å²) >= 11 is 1.85. The predicted octanol–water partition coefficient (Wildman–Crippen LogP) is 2.16. The van der Waals surface area contributed by atoms with Crippen molar-refractivity contribution in [3.63, 3.8) is 0 Å². The highest BCUT2D eigenvalue weighted by Crippen LogP contribution is 2.10. The van der Waals surface area contributed by atoms with Crippen LogP contribution in [0.3, 0.4) is 0 Å². The Morgan fingerprint density at radius 2 is 2.42 bits per heavy atom. The zero-order valence-electron chi connectivity index (χ0n) is 7.50. The fourth-order valence-electron chi connectivity index (χ4n) is 0.960. The smallest absolute Gasteiger partial charge is 0.0401 e. The van der Waals surface area contributed by atoms with Crippen LogP contribution in [0.5, 0.6) is 0 Å². The SMILES string of the molecule is CSCCNc1ccncc1C. The van der Waals surface area contributed by atoms with Crippen molar-refractivity contribution in [3.8, 4) is 0 Å². The predicted molar refractivity (Wildman–Crippen MR) is 55.8 cm³/mol. The number of hydrogen-bond donors (Lipinski definition) is 1. The Morgan fingerprint density at radius 3 is 3.08 bits per heavy atom. The lowest BCUT2D eigenvalue weighted by Crippen LogP contribution is -2.04. The molecule has 0 atom stereocenters. The maximum absolute atomic E-state index is 4.03. The lowest BCUT2D eigenvalue weighted by atomic mass is 10.2. The lowest BCUT2D eigenvalue weighted by molar-refractivity contribution is 1.19. The highest BCUT2D eigenvalue weighted by molar-refractivity contribution is 7.98. The third-order valence-corrected chi connectivity index (χ3v) is 2.25. The van der Waals surface area contributed by atoms with E-state index in [0.29, 0.717) is 0 Å². The number of rotatable bonds is 4. The molecule has 0 aliphatic heterocycles. The summed E-state index contributed by atoms with van der Waals surface area (Å²) in [5.74, 6) is 1.14. The molecular formula is C9H14N2S. The van der Waals surface area contributed by atoms with Crippen LogP contribution in [0.25, 0.3) is 0 Å². The molecule has 1 rings (SSSR count). The van der Waals surface area contributed by atoms with Gasteiger partial charge in [-0.05, 0) is 24.8 Å². The lowest BCUT2D eigenvalue weighted by Gasteiger charge is -2.06. The molecule has 0 aliphatic rings. The van der Waals surface area contributed by atoms with E-state index >= 15 is 0 Å². The number of nitrogens with one attached hydrogen (secondary N) is 1. The molecule has 0 aliphatic carbocycles. The molecule has 0 unspecified atom stereocenters. The largest absolute Gasteiger partial charge is 0.384 e. The Labute approximate surface area is 77.8 Å². The van der Waals surface area contributed by atoms with E-state index in [-0.39, 0.29) is 0 Å². The van der Waals surface area contributed by atoms with Gasteiger partial charge in [-0.25, -0.2) is 0 Å². The summed E-state index contributed by atoms with van der Waals surface area (Å²) in [5.41, 5.74) is 2.40. The molecule has 1 N–H and O–H groups in total. The number of thioether (sulfide) groups is 1. The Bertz CT molecular complexity index is 238. The van der Waals surface area contributed by atoms with Crippen LogP contribution in [-0.2, 0) is 0 Å². The van der Waals surface area contributed by atoms with Crippen molar-refractivity contribution in [2.24, 2.45) is 0 Å². The second-order valence-electron chi connectivity index (χ2n) is 2.61. The molecule has 0 fully saturated rings. The van der Waals surface area contributed by atoms with Crippen LogP contribution in [0.15, 0.2) is 18.5 Å². The van der Waals surface area contributed by atoms with Gasteiger partial charge in [0, 0.05) is 30.4 Å². The summed E-state index contributed by atoms with van der Waals surface area (Å²) in [5, 5.41) is 3.35. The second-order valence-corrected chi connectivity index (χ2v) is 3.60. The molecule has 0 spiro atoms. The Morgan fingerprint density at radius 1 is 1.58 bits per heavy atom. The van der Waals surface area contributed by atoms with E-state index in [0.717, 1.165) is 12.3 Å². The van der Waals surface area contributed by atoms with E-state index in [1.807, 2.05) is 30.2 Å². The van der Waals surface area contributed by atoms with Crippen molar-refractivity contribution in [2.75, 3.05) is 23.9 Å². The minimum absolute atomic E-state index is 1.02. The zero-order valence-corrected chi connectivity index (χ0v) is 8.32. The molecule has 1 heterocycles. The molecule has 12 heavy (non-hydrogen) atoms. The molecule has 0 saturated carbocycles. The number of anilines is 1. The Kier molecular flexibility index (Phi) is 3.94.